The molecule has 1 aliphatic heterocycles. The second-order valence-electron chi connectivity index (χ2n) is 5.94. The van der Waals surface area contributed by atoms with Crippen LogP contribution >= 0.6 is 0 Å². The number of methoxy groups -OCH3 is 1. The minimum Gasteiger partial charge on any atom is -0.469 e. The van der Waals surface area contributed by atoms with Crippen LogP contribution in [0.15, 0.2) is 12.2 Å². The van der Waals surface area contributed by atoms with E-state index in [0.29, 0.717) is 12.8 Å². The van der Waals surface area contributed by atoms with Gasteiger partial charge in [-0.2, -0.15) is 0 Å². The Kier molecular flexibility index (Phi) is 9.86. The van der Waals surface area contributed by atoms with Crippen molar-refractivity contribution in [2.24, 2.45) is 0 Å². The van der Waals surface area contributed by atoms with Crippen LogP contribution < -0.4 is 0 Å². The van der Waals surface area contributed by atoms with Gasteiger partial charge in [-0.3, -0.25) is 9.59 Å². The summed E-state index contributed by atoms with van der Waals surface area (Å²) in [5.74, 6) is 5.59. The Hall–Kier alpha value is -1.80. The third-order valence-electron chi connectivity index (χ3n) is 4.07. The molecule has 2 atom stereocenters. The molecule has 5 nitrogen and oxygen atoms in total. The number of likely N-dealkylation sites (tertiary alicyclic amines) is 1. The highest BCUT2D eigenvalue weighted by molar-refractivity contribution is 5.79. The van der Waals surface area contributed by atoms with Crippen LogP contribution in [0.25, 0.3) is 0 Å². The SMILES string of the molecule is CCC#CC(O)C=CC1CCC(=O)N1CCCCCCC(=O)OC. The zero-order chi connectivity index (χ0) is 17.8. The first-order chi connectivity index (χ1) is 11.6. The van der Waals surface area contributed by atoms with E-state index < -0.39 is 6.10 Å². The molecule has 0 aromatic rings. The molecule has 0 spiro atoms. The van der Waals surface area contributed by atoms with E-state index in [4.69, 9.17) is 0 Å². The average molecular weight is 335 g/mol. The molecule has 0 saturated carbocycles. The number of carbonyl (C=O) groups is 2. The van der Waals surface area contributed by atoms with Gasteiger partial charge >= 0.3 is 5.97 Å². The highest BCUT2D eigenvalue weighted by atomic mass is 16.5. The van der Waals surface area contributed by atoms with Crippen LogP contribution in [0.2, 0.25) is 0 Å². The van der Waals surface area contributed by atoms with E-state index in [-0.39, 0.29) is 17.9 Å². The van der Waals surface area contributed by atoms with Gasteiger partial charge in [0.1, 0.15) is 6.10 Å². The summed E-state index contributed by atoms with van der Waals surface area (Å²) in [6.45, 7) is 2.66. The molecule has 0 aromatic carbocycles. The lowest BCUT2D eigenvalue weighted by atomic mass is 10.1. The molecular formula is C19H29NO4. The van der Waals surface area contributed by atoms with Gasteiger partial charge in [-0.1, -0.05) is 31.8 Å². The van der Waals surface area contributed by atoms with Crippen molar-refractivity contribution in [2.45, 2.75) is 70.4 Å². The third kappa shape index (κ3) is 7.65. The summed E-state index contributed by atoms with van der Waals surface area (Å²) >= 11 is 0. The lowest BCUT2D eigenvalue weighted by Gasteiger charge is -2.22. The molecule has 0 bridgehead atoms. The lowest BCUT2D eigenvalue weighted by molar-refractivity contribution is -0.140. The zero-order valence-electron chi connectivity index (χ0n) is 14.8. The number of ether oxygens (including phenoxy) is 1. The molecule has 0 aromatic heterocycles. The number of esters is 1. The van der Waals surface area contributed by atoms with Crippen molar-refractivity contribution < 1.29 is 19.4 Å². The van der Waals surface area contributed by atoms with Crippen LogP contribution in [0.3, 0.4) is 0 Å². The quantitative estimate of drug-likeness (QED) is 0.304. The number of aliphatic hydroxyl groups is 1. The van der Waals surface area contributed by atoms with E-state index in [2.05, 4.69) is 16.6 Å². The first-order valence-corrected chi connectivity index (χ1v) is 8.79. The van der Waals surface area contributed by atoms with E-state index in [0.717, 1.165) is 45.1 Å². The van der Waals surface area contributed by atoms with Crippen molar-refractivity contribution >= 4 is 11.9 Å². The Morgan fingerprint density at radius 1 is 1.42 bits per heavy atom. The Morgan fingerprint density at radius 3 is 2.88 bits per heavy atom. The predicted octanol–water partition coefficient (Wildman–Crippen LogP) is 2.43. The fourth-order valence-electron chi connectivity index (χ4n) is 2.74. The van der Waals surface area contributed by atoms with Crippen molar-refractivity contribution in [2.75, 3.05) is 13.7 Å². The molecule has 1 N–H and O–H groups in total. The fraction of sp³-hybridized carbons (Fsp3) is 0.684. The van der Waals surface area contributed by atoms with Crippen LogP contribution in [0.5, 0.6) is 0 Å². The molecule has 1 fully saturated rings. The normalized spacial score (nSPS) is 18.5. The van der Waals surface area contributed by atoms with Crippen molar-refractivity contribution in [3.05, 3.63) is 12.2 Å². The maximum atomic E-state index is 12.0. The van der Waals surface area contributed by atoms with Gasteiger partial charge in [0.05, 0.1) is 13.2 Å². The van der Waals surface area contributed by atoms with Crippen molar-refractivity contribution in [1.82, 2.24) is 4.90 Å². The van der Waals surface area contributed by atoms with Crippen molar-refractivity contribution in [3.63, 3.8) is 0 Å². The molecule has 1 aliphatic rings. The van der Waals surface area contributed by atoms with Gasteiger partial charge in [0.15, 0.2) is 0 Å². The van der Waals surface area contributed by atoms with E-state index in [1.807, 2.05) is 17.9 Å². The second kappa shape index (κ2) is 11.7. The van der Waals surface area contributed by atoms with Gasteiger partial charge in [-0.15, -0.1) is 5.92 Å². The molecule has 0 aliphatic carbocycles. The number of nitrogens with zero attached hydrogens (tertiary/aromatic N) is 1. The van der Waals surface area contributed by atoms with Crippen molar-refractivity contribution in [1.29, 1.82) is 0 Å². The number of amides is 1. The van der Waals surface area contributed by atoms with Gasteiger partial charge in [0.25, 0.3) is 0 Å². The minimum atomic E-state index is -0.763. The minimum absolute atomic E-state index is 0.0608. The number of aliphatic hydroxyl groups excluding tert-OH is 1. The van der Waals surface area contributed by atoms with Crippen LogP contribution in [0, 0.1) is 11.8 Å². The summed E-state index contributed by atoms with van der Waals surface area (Å²) in [5.41, 5.74) is 0. The number of unbranched alkanes of at least 4 members (excludes halogenated alkanes) is 3. The molecule has 2 unspecified atom stereocenters. The maximum Gasteiger partial charge on any atom is 0.305 e. The summed E-state index contributed by atoms with van der Waals surface area (Å²) < 4.78 is 4.61. The van der Waals surface area contributed by atoms with E-state index in [9.17, 15) is 14.7 Å². The largest absolute Gasteiger partial charge is 0.469 e. The molecule has 1 amide bonds. The Morgan fingerprint density at radius 2 is 2.17 bits per heavy atom. The summed E-state index contributed by atoms with van der Waals surface area (Å²) in [6.07, 6.45) is 9.05. The van der Waals surface area contributed by atoms with Gasteiger partial charge in [-0.25, -0.2) is 0 Å². The molecular weight excluding hydrogens is 306 g/mol. The first kappa shape index (κ1) is 20.2. The number of hydrogen-bond acceptors (Lipinski definition) is 4. The molecule has 134 valence electrons. The van der Waals surface area contributed by atoms with Gasteiger partial charge in [-0.05, 0) is 25.3 Å². The molecule has 1 rings (SSSR count). The Bertz CT molecular complexity index is 489. The van der Waals surface area contributed by atoms with Gasteiger partial charge in [0, 0.05) is 25.8 Å². The molecule has 1 heterocycles. The van der Waals surface area contributed by atoms with Crippen molar-refractivity contribution in [3.8, 4) is 11.8 Å². The Balaban J connectivity index is 2.32. The smallest absolute Gasteiger partial charge is 0.305 e. The molecule has 5 heteroatoms. The number of rotatable bonds is 9. The summed E-state index contributed by atoms with van der Waals surface area (Å²) in [6, 6.07) is 0.0608. The van der Waals surface area contributed by atoms with Gasteiger partial charge < -0.3 is 14.7 Å². The topological polar surface area (TPSA) is 66.8 Å². The second-order valence-corrected chi connectivity index (χ2v) is 5.94. The van der Waals surface area contributed by atoms with Gasteiger partial charge in [0.2, 0.25) is 5.91 Å². The number of carbonyl (C=O) groups excluding carboxylic acids is 2. The highest BCUT2D eigenvalue weighted by Gasteiger charge is 2.28. The van der Waals surface area contributed by atoms with Crippen LogP contribution in [-0.4, -0.2) is 47.7 Å². The summed E-state index contributed by atoms with van der Waals surface area (Å²) in [7, 11) is 1.40. The Labute approximate surface area is 145 Å². The molecule has 1 saturated heterocycles. The van der Waals surface area contributed by atoms with E-state index in [1.165, 1.54) is 7.11 Å². The van der Waals surface area contributed by atoms with Crippen LogP contribution in [0.1, 0.15) is 58.3 Å². The standard InChI is InChI=1S/C19H29NO4/c1-3-4-9-17(21)13-11-16-12-14-18(22)20(16)15-8-6-5-7-10-19(23)24-2/h11,13,16-17,21H,3,5-8,10,12,14-15H2,1-2H3. The fourth-order valence-corrected chi connectivity index (χ4v) is 2.74. The summed E-state index contributed by atoms with van der Waals surface area (Å²) in [4.78, 5) is 24.9. The number of hydrogen-bond donors (Lipinski definition) is 1. The third-order valence-corrected chi connectivity index (χ3v) is 4.07. The van der Waals surface area contributed by atoms with E-state index in [1.54, 1.807) is 6.08 Å². The zero-order valence-corrected chi connectivity index (χ0v) is 14.8. The average Bonchev–Trinajstić information content (AvgIpc) is 2.93. The molecule has 0 radical (unpaired) electrons. The van der Waals surface area contributed by atoms with Crippen LogP contribution in [0.4, 0.5) is 0 Å². The van der Waals surface area contributed by atoms with Crippen LogP contribution in [-0.2, 0) is 14.3 Å². The highest BCUT2D eigenvalue weighted by Crippen LogP contribution is 2.21. The monoisotopic (exact) mass is 335 g/mol. The first-order valence-electron chi connectivity index (χ1n) is 8.79. The maximum absolute atomic E-state index is 12.0. The predicted molar refractivity (Wildman–Crippen MR) is 93.0 cm³/mol. The lowest BCUT2D eigenvalue weighted by Crippen LogP contribution is -2.32. The molecule has 24 heavy (non-hydrogen) atoms. The summed E-state index contributed by atoms with van der Waals surface area (Å²) in [5, 5.41) is 9.73. The van der Waals surface area contributed by atoms with E-state index >= 15 is 0 Å².